The van der Waals surface area contributed by atoms with E-state index in [1.807, 2.05) is 31.2 Å². The van der Waals surface area contributed by atoms with Gasteiger partial charge in [0.1, 0.15) is 11.1 Å². The summed E-state index contributed by atoms with van der Waals surface area (Å²) in [6.45, 7) is 6.06. The van der Waals surface area contributed by atoms with Crippen LogP contribution in [0.5, 0.6) is 0 Å². The van der Waals surface area contributed by atoms with Crippen molar-refractivity contribution in [2.45, 2.75) is 25.0 Å². The van der Waals surface area contributed by atoms with Crippen LogP contribution in [0.4, 0.5) is 15.8 Å². The van der Waals surface area contributed by atoms with Crippen LogP contribution in [-0.4, -0.2) is 33.7 Å². The molecule has 7 heteroatoms. The summed E-state index contributed by atoms with van der Waals surface area (Å²) in [7, 11) is 0. The topological polar surface area (TPSA) is 61.8 Å². The Morgan fingerprint density at radius 2 is 2.00 bits per heavy atom. The predicted octanol–water partition coefficient (Wildman–Crippen LogP) is 4.53. The smallest absolute Gasteiger partial charge is 0.242 e. The first-order valence-corrected chi connectivity index (χ1v) is 10.2. The normalized spacial score (nSPS) is 17.6. The lowest BCUT2D eigenvalue weighted by molar-refractivity contribution is -0.127. The average molecular weight is 412 g/mol. The van der Waals surface area contributed by atoms with Gasteiger partial charge in [0.25, 0.3) is 0 Å². The van der Waals surface area contributed by atoms with Crippen LogP contribution in [-0.2, 0) is 16.0 Å². The highest BCUT2D eigenvalue weighted by molar-refractivity contribution is 8.15. The number of rotatable bonds is 7. The standard InChI is InChI=1S/C22H22FN3O2S/c1-3-13-26-21(28)19(14-20(27)24-18-12-8-6-10-16(18)23)29-22(26)25-17-11-7-5-9-15(17)4-2/h3,5-12,19H,1,4,13-14H2,2H3,(H,24,27)/t19-/m0/s1. The van der Waals surface area contributed by atoms with E-state index < -0.39 is 17.0 Å². The molecule has 1 atom stereocenters. The number of carbonyl (C=O) groups excluding carboxylic acids is 2. The van der Waals surface area contributed by atoms with Crippen LogP contribution >= 0.6 is 11.8 Å². The maximum absolute atomic E-state index is 13.8. The van der Waals surface area contributed by atoms with Gasteiger partial charge in [-0.15, -0.1) is 6.58 Å². The van der Waals surface area contributed by atoms with Crippen LogP contribution < -0.4 is 5.32 Å². The number of carbonyl (C=O) groups is 2. The minimum Gasteiger partial charge on any atom is -0.324 e. The molecule has 150 valence electrons. The maximum atomic E-state index is 13.8. The molecular weight excluding hydrogens is 389 g/mol. The Bertz CT molecular complexity index is 961. The van der Waals surface area contributed by atoms with E-state index in [1.165, 1.54) is 28.8 Å². The number of thioether (sulfide) groups is 1. The molecule has 0 saturated carbocycles. The Labute approximate surface area is 173 Å². The fourth-order valence-electron chi connectivity index (χ4n) is 2.98. The number of amidine groups is 1. The summed E-state index contributed by atoms with van der Waals surface area (Å²) < 4.78 is 13.8. The van der Waals surface area contributed by atoms with E-state index in [-0.39, 0.29) is 18.0 Å². The first-order valence-electron chi connectivity index (χ1n) is 9.33. The fraction of sp³-hybridized carbons (Fsp3) is 0.227. The molecule has 1 aliphatic rings. The lowest BCUT2D eigenvalue weighted by Crippen LogP contribution is -2.33. The number of hydrogen-bond acceptors (Lipinski definition) is 4. The van der Waals surface area contributed by atoms with E-state index >= 15 is 0 Å². The Hall–Kier alpha value is -2.93. The molecule has 0 radical (unpaired) electrons. The van der Waals surface area contributed by atoms with Gasteiger partial charge in [-0.25, -0.2) is 9.38 Å². The Morgan fingerprint density at radius 1 is 1.28 bits per heavy atom. The molecule has 1 N–H and O–H groups in total. The van der Waals surface area contributed by atoms with Crippen LogP contribution in [0.3, 0.4) is 0 Å². The molecule has 1 fully saturated rings. The number of halogens is 1. The summed E-state index contributed by atoms with van der Waals surface area (Å²) in [5.74, 6) is -1.14. The van der Waals surface area contributed by atoms with Gasteiger partial charge < -0.3 is 5.32 Å². The minimum atomic E-state index is -0.616. The molecule has 0 bridgehead atoms. The number of aryl methyl sites for hydroxylation is 1. The first kappa shape index (κ1) is 20.8. The van der Waals surface area contributed by atoms with Gasteiger partial charge in [0.15, 0.2) is 5.17 Å². The maximum Gasteiger partial charge on any atom is 0.242 e. The molecule has 2 aromatic carbocycles. The molecule has 0 unspecified atom stereocenters. The van der Waals surface area contributed by atoms with Crippen LogP contribution in [0.1, 0.15) is 18.9 Å². The van der Waals surface area contributed by atoms with Gasteiger partial charge in [-0.2, -0.15) is 0 Å². The van der Waals surface area contributed by atoms with Gasteiger partial charge in [-0.3, -0.25) is 14.5 Å². The molecule has 0 aromatic heterocycles. The quantitative estimate of drug-likeness (QED) is 0.681. The Balaban J connectivity index is 1.78. The van der Waals surface area contributed by atoms with Crippen molar-refractivity contribution in [3.05, 3.63) is 72.6 Å². The number of hydrogen-bond donors (Lipinski definition) is 1. The van der Waals surface area contributed by atoms with Crippen LogP contribution in [0, 0.1) is 5.82 Å². The molecular formula is C22H22FN3O2S. The lowest BCUT2D eigenvalue weighted by Gasteiger charge is -2.14. The second-order valence-corrected chi connectivity index (χ2v) is 7.62. The van der Waals surface area contributed by atoms with Crippen LogP contribution in [0.15, 0.2) is 66.2 Å². The molecule has 5 nitrogen and oxygen atoms in total. The van der Waals surface area contributed by atoms with Crippen LogP contribution in [0.25, 0.3) is 0 Å². The zero-order valence-corrected chi connectivity index (χ0v) is 16.9. The minimum absolute atomic E-state index is 0.0695. The second kappa shape index (κ2) is 9.52. The van der Waals surface area contributed by atoms with Crippen molar-refractivity contribution < 1.29 is 14.0 Å². The molecule has 2 aromatic rings. The number of aliphatic imine (C=N–C) groups is 1. The third kappa shape index (κ3) is 4.92. The van der Waals surface area contributed by atoms with Crippen molar-refractivity contribution in [2.24, 2.45) is 4.99 Å². The van der Waals surface area contributed by atoms with Gasteiger partial charge >= 0.3 is 0 Å². The third-order valence-electron chi connectivity index (χ3n) is 4.44. The SMILES string of the molecule is C=CCN1C(=O)[C@H](CC(=O)Nc2ccccc2F)SC1=Nc1ccccc1CC. The molecule has 1 aliphatic heterocycles. The molecule has 29 heavy (non-hydrogen) atoms. The van der Waals surface area contributed by atoms with E-state index in [0.717, 1.165) is 17.7 Å². The molecule has 3 rings (SSSR count). The summed E-state index contributed by atoms with van der Waals surface area (Å²) in [4.78, 5) is 31.4. The summed E-state index contributed by atoms with van der Waals surface area (Å²) >= 11 is 1.25. The second-order valence-electron chi connectivity index (χ2n) is 6.45. The molecule has 0 spiro atoms. The van der Waals surface area contributed by atoms with Gasteiger partial charge in [0, 0.05) is 13.0 Å². The van der Waals surface area contributed by atoms with Crippen molar-refractivity contribution in [1.29, 1.82) is 0 Å². The average Bonchev–Trinajstić information content (AvgIpc) is 2.99. The largest absolute Gasteiger partial charge is 0.324 e. The zero-order valence-electron chi connectivity index (χ0n) is 16.1. The van der Waals surface area contributed by atoms with E-state index in [2.05, 4.69) is 16.9 Å². The van der Waals surface area contributed by atoms with Crippen molar-refractivity contribution in [3.8, 4) is 0 Å². The number of anilines is 1. The van der Waals surface area contributed by atoms with Crippen molar-refractivity contribution in [1.82, 2.24) is 4.90 Å². The lowest BCUT2D eigenvalue weighted by atomic mass is 10.1. The number of nitrogens with one attached hydrogen (secondary N) is 1. The first-order chi connectivity index (χ1) is 14.0. The van der Waals surface area contributed by atoms with Gasteiger partial charge in [-0.05, 0) is 30.2 Å². The number of para-hydroxylation sites is 2. The molecule has 2 amide bonds. The van der Waals surface area contributed by atoms with Crippen LogP contribution in [0.2, 0.25) is 0 Å². The van der Waals surface area contributed by atoms with E-state index in [4.69, 9.17) is 0 Å². The Morgan fingerprint density at radius 3 is 2.72 bits per heavy atom. The van der Waals surface area contributed by atoms with Gasteiger partial charge in [-0.1, -0.05) is 55.1 Å². The number of benzene rings is 2. The molecule has 1 heterocycles. The molecule has 0 aliphatic carbocycles. The highest BCUT2D eigenvalue weighted by atomic mass is 32.2. The summed E-state index contributed by atoms with van der Waals surface area (Å²) in [5.41, 5.74) is 1.98. The summed E-state index contributed by atoms with van der Waals surface area (Å²) in [5, 5.41) is 2.45. The third-order valence-corrected chi connectivity index (χ3v) is 5.61. The highest BCUT2D eigenvalue weighted by Gasteiger charge is 2.38. The monoisotopic (exact) mass is 411 g/mol. The number of nitrogens with zero attached hydrogens (tertiary/aromatic N) is 2. The van der Waals surface area contributed by atoms with Crippen molar-refractivity contribution in [2.75, 3.05) is 11.9 Å². The Kier molecular flexibility index (Phi) is 6.82. The fourth-order valence-corrected chi connectivity index (χ4v) is 4.14. The van der Waals surface area contributed by atoms with E-state index in [9.17, 15) is 14.0 Å². The zero-order chi connectivity index (χ0) is 20.8. The highest BCUT2D eigenvalue weighted by Crippen LogP contribution is 2.33. The predicted molar refractivity (Wildman–Crippen MR) is 116 cm³/mol. The van der Waals surface area contributed by atoms with E-state index in [1.54, 1.807) is 18.2 Å². The number of amides is 2. The van der Waals surface area contributed by atoms with E-state index in [0.29, 0.717) is 11.7 Å². The van der Waals surface area contributed by atoms with Crippen molar-refractivity contribution in [3.63, 3.8) is 0 Å². The van der Waals surface area contributed by atoms with Gasteiger partial charge in [0.05, 0.1) is 11.4 Å². The van der Waals surface area contributed by atoms with Gasteiger partial charge in [0.2, 0.25) is 11.8 Å². The molecule has 1 saturated heterocycles. The van der Waals surface area contributed by atoms with Crippen molar-refractivity contribution >= 4 is 40.1 Å². The summed E-state index contributed by atoms with van der Waals surface area (Å²) in [6.07, 6.45) is 2.38. The summed E-state index contributed by atoms with van der Waals surface area (Å²) in [6, 6.07) is 13.7.